The molecule has 15 heavy (non-hydrogen) atoms. The molecule has 0 radical (unpaired) electrons. The molecule has 0 aliphatic rings. The van der Waals surface area contributed by atoms with Gasteiger partial charge in [0.25, 0.3) is 5.91 Å². The fourth-order valence-corrected chi connectivity index (χ4v) is 0.979. The third-order valence-electron chi connectivity index (χ3n) is 1.68. The van der Waals surface area contributed by atoms with Crippen molar-refractivity contribution in [3.63, 3.8) is 0 Å². The first kappa shape index (κ1) is 11.2. The van der Waals surface area contributed by atoms with E-state index in [0.717, 1.165) is 18.2 Å². The molecule has 6 heteroatoms. The Kier molecular flexibility index (Phi) is 2.78. The topological polar surface area (TPSA) is 60.2 Å². The van der Waals surface area contributed by atoms with Crippen molar-refractivity contribution in [2.45, 2.75) is 6.18 Å². The number of halogens is 3. The van der Waals surface area contributed by atoms with E-state index in [0.29, 0.717) is 6.07 Å². The van der Waals surface area contributed by atoms with Crippen LogP contribution in [0.25, 0.3) is 0 Å². The van der Waals surface area contributed by atoms with Gasteiger partial charge in [-0.05, 0) is 12.1 Å². The summed E-state index contributed by atoms with van der Waals surface area (Å²) >= 11 is 0. The molecule has 80 valence electrons. The molecule has 0 heterocycles. The second kappa shape index (κ2) is 3.72. The van der Waals surface area contributed by atoms with Crippen LogP contribution in [-0.4, -0.2) is 11.7 Å². The molecule has 3 nitrogen and oxygen atoms in total. The molecule has 0 aliphatic heterocycles. The van der Waals surface area contributed by atoms with E-state index < -0.39 is 23.4 Å². The number of hydrogen-bond donors (Lipinski definition) is 1. The van der Waals surface area contributed by atoms with Crippen molar-refractivity contribution in [1.29, 1.82) is 0 Å². The Morgan fingerprint density at radius 3 is 2.27 bits per heavy atom. The molecule has 1 rings (SSSR count). The Morgan fingerprint density at radius 1 is 1.20 bits per heavy atom. The molecule has 2 N–H and O–H groups in total. The molecule has 0 aliphatic carbocycles. The van der Waals surface area contributed by atoms with Crippen molar-refractivity contribution < 1.29 is 22.8 Å². The van der Waals surface area contributed by atoms with E-state index in [-0.39, 0.29) is 5.56 Å². The minimum atomic E-state index is -4.55. The fraction of sp³-hybridized carbons (Fsp3) is 0.111. The van der Waals surface area contributed by atoms with Gasteiger partial charge in [-0.1, -0.05) is 12.1 Å². The van der Waals surface area contributed by atoms with Gasteiger partial charge in [0.05, 0.1) is 5.56 Å². The van der Waals surface area contributed by atoms with Gasteiger partial charge in [0.2, 0.25) is 5.78 Å². The Labute approximate surface area is 82.7 Å². The molecule has 1 aromatic carbocycles. The summed E-state index contributed by atoms with van der Waals surface area (Å²) in [7, 11) is 0. The molecule has 0 spiro atoms. The van der Waals surface area contributed by atoms with Gasteiger partial charge in [-0.2, -0.15) is 13.2 Å². The quantitative estimate of drug-likeness (QED) is 0.600. The number of primary amides is 1. The summed E-state index contributed by atoms with van der Waals surface area (Å²) in [6.07, 6.45) is -4.55. The first-order chi connectivity index (χ1) is 6.82. The molecule has 0 saturated carbocycles. The molecule has 0 fully saturated rings. The maximum atomic E-state index is 12.2. The van der Waals surface area contributed by atoms with Gasteiger partial charge in [0, 0.05) is 5.56 Å². The fourth-order valence-electron chi connectivity index (χ4n) is 0.979. The van der Waals surface area contributed by atoms with Crippen LogP contribution in [0.1, 0.15) is 15.9 Å². The SMILES string of the molecule is NC(=O)C(=O)c1cccc(C(F)(F)F)c1. The van der Waals surface area contributed by atoms with Gasteiger partial charge in [-0.25, -0.2) is 0 Å². The molecule has 0 unspecified atom stereocenters. The summed E-state index contributed by atoms with van der Waals surface area (Å²) < 4.78 is 36.6. The maximum absolute atomic E-state index is 12.2. The van der Waals surface area contributed by atoms with Gasteiger partial charge < -0.3 is 5.73 Å². The smallest absolute Gasteiger partial charge is 0.363 e. The molecule has 0 atom stereocenters. The highest BCUT2D eigenvalue weighted by Gasteiger charge is 2.31. The highest BCUT2D eigenvalue weighted by Crippen LogP contribution is 2.29. The number of alkyl halides is 3. The van der Waals surface area contributed by atoms with Crippen LogP contribution in [-0.2, 0) is 11.0 Å². The molecule has 1 amide bonds. The van der Waals surface area contributed by atoms with E-state index in [2.05, 4.69) is 5.73 Å². The number of carbonyl (C=O) groups excluding carboxylic acids is 2. The van der Waals surface area contributed by atoms with Crippen LogP contribution in [0.2, 0.25) is 0 Å². The Bertz CT molecular complexity index is 412. The van der Waals surface area contributed by atoms with Crippen molar-refractivity contribution >= 4 is 11.7 Å². The van der Waals surface area contributed by atoms with Gasteiger partial charge in [-0.3, -0.25) is 9.59 Å². The summed E-state index contributed by atoms with van der Waals surface area (Å²) in [4.78, 5) is 21.4. The van der Waals surface area contributed by atoms with Gasteiger partial charge in [0.15, 0.2) is 0 Å². The lowest BCUT2D eigenvalue weighted by molar-refractivity contribution is -0.137. The lowest BCUT2D eigenvalue weighted by Crippen LogP contribution is -2.23. The average molecular weight is 217 g/mol. The Morgan fingerprint density at radius 2 is 1.80 bits per heavy atom. The zero-order valence-electron chi connectivity index (χ0n) is 7.34. The predicted octanol–water partition coefficient (Wildman–Crippen LogP) is 1.37. The Hall–Kier alpha value is -1.85. The van der Waals surface area contributed by atoms with Gasteiger partial charge >= 0.3 is 6.18 Å². The van der Waals surface area contributed by atoms with E-state index in [9.17, 15) is 22.8 Å². The van der Waals surface area contributed by atoms with E-state index in [1.165, 1.54) is 0 Å². The summed E-state index contributed by atoms with van der Waals surface area (Å²) in [6, 6.07) is 3.53. The lowest BCUT2D eigenvalue weighted by Gasteiger charge is -2.06. The second-order valence-corrected chi connectivity index (χ2v) is 2.77. The van der Waals surface area contributed by atoms with Gasteiger partial charge in [-0.15, -0.1) is 0 Å². The van der Waals surface area contributed by atoms with Crippen molar-refractivity contribution in [1.82, 2.24) is 0 Å². The standard InChI is InChI=1S/C9H6F3NO2/c10-9(11,12)6-3-1-2-5(4-6)7(14)8(13)15/h1-4H,(H2,13,15). The van der Waals surface area contributed by atoms with Crippen LogP contribution < -0.4 is 5.73 Å². The highest BCUT2D eigenvalue weighted by molar-refractivity contribution is 6.42. The minimum Gasteiger partial charge on any atom is -0.363 e. The molecule has 1 aromatic rings. The third-order valence-corrected chi connectivity index (χ3v) is 1.68. The van der Waals surface area contributed by atoms with Crippen molar-refractivity contribution in [3.05, 3.63) is 35.4 Å². The first-order valence-electron chi connectivity index (χ1n) is 3.84. The largest absolute Gasteiger partial charge is 0.416 e. The predicted molar refractivity (Wildman–Crippen MR) is 45.0 cm³/mol. The van der Waals surface area contributed by atoms with E-state index in [1.54, 1.807) is 0 Å². The van der Waals surface area contributed by atoms with Crippen LogP contribution in [0, 0.1) is 0 Å². The molecular weight excluding hydrogens is 211 g/mol. The number of benzene rings is 1. The van der Waals surface area contributed by atoms with Crippen LogP contribution in [0.15, 0.2) is 24.3 Å². The number of ketones is 1. The Balaban J connectivity index is 3.14. The van der Waals surface area contributed by atoms with Crippen LogP contribution >= 0.6 is 0 Å². The summed E-state index contributed by atoms with van der Waals surface area (Å²) in [5.74, 6) is -2.42. The number of carbonyl (C=O) groups is 2. The van der Waals surface area contributed by atoms with Crippen LogP contribution in [0.3, 0.4) is 0 Å². The molecule has 0 aromatic heterocycles. The number of amides is 1. The summed E-state index contributed by atoms with van der Waals surface area (Å²) in [6.45, 7) is 0. The molecule has 0 bridgehead atoms. The first-order valence-corrected chi connectivity index (χ1v) is 3.84. The number of hydrogen-bond acceptors (Lipinski definition) is 2. The minimum absolute atomic E-state index is 0.364. The molecule has 0 saturated heterocycles. The average Bonchev–Trinajstić information content (AvgIpc) is 2.15. The van der Waals surface area contributed by atoms with Crippen LogP contribution in [0.5, 0.6) is 0 Å². The highest BCUT2D eigenvalue weighted by atomic mass is 19.4. The number of nitrogens with two attached hydrogens (primary N) is 1. The molecular formula is C9H6F3NO2. The van der Waals surface area contributed by atoms with Crippen molar-refractivity contribution in [2.24, 2.45) is 5.73 Å². The zero-order chi connectivity index (χ0) is 11.6. The van der Waals surface area contributed by atoms with Gasteiger partial charge in [0.1, 0.15) is 0 Å². The lowest BCUT2D eigenvalue weighted by atomic mass is 10.1. The number of rotatable bonds is 2. The summed E-state index contributed by atoms with van der Waals surface area (Å²) in [5.41, 5.74) is 3.30. The second-order valence-electron chi connectivity index (χ2n) is 2.77. The van der Waals surface area contributed by atoms with E-state index in [1.807, 2.05) is 0 Å². The monoisotopic (exact) mass is 217 g/mol. The van der Waals surface area contributed by atoms with Crippen molar-refractivity contribution in [3.8, 4) is 0 Å². The summed E-state index contributed by atoms with van der Waals surface area (Å²) in [5, 5.41) is 0. The van der Waals surface area contributed by atoms with E-state index in [4.69, 9.17) is 0 Å². The maximum Gasteiger partial charge on any atom is 0.416 e. The van der Waals surface area contributed by atoms with Crippen molar-refractivity contribution in [2.75, 3.05) is 0 Å². The zero-order valence-corrected chi connectivity index (χ0v) is 7.34. The van der Waals surface area contributed by atoms with Crippen LogP contribution in [0.4, 0.5) is 13.2 Å². The third kappa shape index (κ3) is 2.55. The number of Topliss-reactive ketones (excluding diaryl/α,β-unsaturated/α-hetero) is 1. The normalized spacial score (nSPS) is 11.1. The van der Waals surface area contributed by atoms with E-state index >= 15 is 0 Å².